The highest BCUT2D eigenvalue weighted by molar-refractivity contribution is 6.74. The third kappa shape index (κ3) is 3.43. The molecule has 0 aromatic rings. The van der Waals surface area contributed by atoms with Crippen LogP contribution in [0.2, 0.25) is 18.1 Å². The van der Waals surface area contributed by atoms with Crippen molar-refractivity contribution in [3.63, 3.8) is 0 Å². The van der Waals surface area contributed by atoms with Crippen LogP contribution in [0.3, 0.4) is 0 Å². The van der Waals surface area contributed by atoms with Crippen LogP contribution in [0.15, 0.2) is 23.3 Å². The maximum absolute atomic E-state index is 13.4. The highest BCUT2D eigenvalue weighted by atomic mass is 28.4. The largest absolute Gasteiger partial charge is 0.410 e. The first-order valence-corrected chi connectivity index (χ1v) is 15.4. The zero-order chi connectivity index (χ0) is 21.9. The van der Waals surface area contributed by atoms with E-state index >= 15 is 0 Å². The molecular weight excluding hydrogens is 384 g/mol. The fourth-order valence-corrected chi connectivity index (χ4v) is 8.07. The van der Waals surface area contributed by atoms with Gasteiger partial charge in [0.05, 0.1) is 6.61 Å². The minimum Gasteiger partial charge on any atom is -0.410 e. The molecule has 0 amide bonds. The van der Waals surface area contributed by atoms with Crippen molar-refractivity contribution in [1.29, 1.82) is 0 Å². The van der Waals surface area contributed by atoms with E-state index in [2.05, 4.69) is 59.9 Å². The van der Waals surface area contributed by atoms with E-state index in [4.69, 9.17) is 4.43 Å². The lowest BCUT2D eigenvalue weighted by Crippen LogP contribution is -2.47. The molecule has 4 rings (SSSR count). The van der Waals surface area contributed by atoms with E-state index in [0.29, 0.717) is 29.6 Å². The Labute approximate surface area is 186 Å². The van der Waals surface area contributed by atoms with Gasteiger partial charge in [-0.3, -0.25) is 4.79 Å². The van der Waals surface area contributed by atoms with E-state index in [-0.39, 0.29) is 16.4 Å². The Morgan fingerprint density at radius 2 is 1.80 bits per heavy atom. The van der Waals surface area contributed by atoms with Crippen LogP contribution < -0.4 is 0 Å². The monoisotopic (exact) mass is 428 g/mol. The summed E-state index contributed by atoms with van der Waals surface area (Å²) in [6.07, 6.45) is 15.1. The molecule has 0 saturated heterocycles. The number of ketones is 1. The number of hydrogen-bond acceptors (Lipinski definition) is 2. The van der Waals surface area contributed by atoms with Gasteiger partial charge in [0, 0.05) is 5.92 Å². The van der Waals surface area contributed by atoms with Gasteiger partial charge in [0.15, 0.2) is 14.1 Å². The third-order valence-electron chi connectivity index (χ3n) is 10.3. The Bertz CT molecular complexity index is 770. The summed E-state index contributed by atoms with van der Waals surface area (Å²) in [6, 6.07) is 0. The quantitative estimate of drug-likeness (QED) is 0.434. The molecule has 0 bridgehead atoms. The van der Waals surface area contributed by atoms with Gasteiger partial charge in [-0.25, -0.2) is 0 Å². The van der Waals surface area contributed by atoms with Gasteiger partial charge in [-0.05, 0) is 85.7 Å². The minimum absolute atomic E-state index is 0.132. The molecule has 0 heterocycles. The minimum atomic E-state index is -1.88. The molecule has 3 fully saturated rings. The molecule has 3 saturated carbocycles. The number of allylic oxidation sites excluding steroid dienone is 4. The molecule has 168 valence electrons. The summed E-state index contributed by atoms with van der Waals surface area (Å²) in [4.78, 5) is 13.4. The Kier molecular flexibility index (Phi) is 5.58. The lowest BCUT2D eigenvalue weighted by Gasteiger charge is -2.54. The van der Waals surface area contributed by atoms with Crippen LogP contribution in [-0.4, -0.2) is 20.7 Å². The summed E-state index contributed by atoms with van der Waals surface area (Å²) in [5, 5.41) is 0.153. The van der Waals surface area contributed by atoms with Crippen LogP contribution in [0, 0.1) is 28.6 Å². The van der Waals surface area contributed by atoms with Crippen molar-refractivity contribution in [1.82, 2.24) is 0 Å². The standard InChI is InChI=1S/C27H44O2Si/c1-25(2,3)30(6,7)29-18-24(28)23-14-13-21-20-12-11-19-10-8-9-16-26(19,4)22(20)15-17-27(21,23)5/h11-12,21-23H,8-10,13-18H2,1-7H3/t21-,22-,23+,26-,27-/m0/s1. The summed E-state index contributed by atoms with van der Waals surface area (Å²) < 4.78 is 6.35. The molecule has 0 unspecified atom stereocenters. The second kappa shape index (κ2) is 7.44. The predicted molar refractivity (Wildman–Crippen MR) is 128 cm³/mol. The van der Waals surface area contributed by atoms with Crippen molar-refractivity contribution in [2.24, 2.45) is 28.6 Å². The van der Waals surface area contributed by atoms with Gasteiger partial charge in [-0.2, -0.15) is 0 Å². The number of rotatable bonds is 4. The Morgan fingerprint density at radius 1 is 1.07 bits per heavy atom. The van der Waals surface area contributed by atoms with Crippen molar-refractivity contribution in [2.45, 2.75) is 104 Å². The second-order valence-corrected chi connectivity index (χ2v) is 17.6. The smallest absolute Gasteiger partial charge is 0.192 e. The lowest BCUT2D eigenvalue weighted by molar-refractivity contribution is -0.129. The SMILES string of the molecule is CC(C)(C)[Si](C)(C)OCC(=O)[C@H]1CC[C@H]2C3=CC=C4CCCC[C@]4(C)[C@H]3CC[C@]12C. The average molecular weight is 429 g/mol. The molecule has 2 nitrogen and oxygen atoms in total. The molecule has 0 spiro atoms. The Hall–Kier alpha value is -0.673. The molecule has 3 heteroatoms. The fraction of sp³-hybridized carbons (Fsp3) is 0.815. The summed E-state index contributed by atoms with van der Waals surface area (Å²) in [7, 11) is -1.88. The van der Waals surface area contributed by atoms with Gasteiger partial charge in [-0.1, -0.05) is 64.3 Å². The lowest BCUT2D eigenvalue weighted by atomic mass is 9.50. The van der Waals surface area contributed by atoms with Crippen LogP contribution in [0.25, 0.3) is 0 Å². The highest BCUT2D eigenvalue weighted by Gasteiger charge is 2.57. The molecule has 0 N–H and O–H groups in total. The van der Waals surface area contributed by atoms with Gasteiger partial charge in [0.25, 0.3) is 0 Å². The molecule has 0 aliphatic heterocycles. The van der Waals surface area contributed by atoms with E-state index in [0.717, 1.165) is 6.42 Å². The summed E-state index contributed by atoms with van der Waals surface area (Å²) in [5.41, 5.74) is 3.92. The first-order chi connectivity index (χ1) is 13.9. The zero-order valence-corrected chi connectivity index (χ0v) is 21.6. The molecule has 5 atom stereocenters. The molecule has 4 aliphatic rings. The van der Waals surface area contributed by atoms with Crippen molar-refractivity contribution in [2.75, 3.05) is 6.61 Å². The predicted octanol–water partition coefficient (Wildman–Crippen LogP) is 7.47. The van der Waals surface area contributed by atoms with E-state index in [1.807, 2.05) is 0 Å². The Morgan fingerprint density at radius 3 is 2.50 bits per heavy atom. The molecule has 0 radical (unpaired) electrons. The van der Waals surface area contributed by atoms with E-state index < -0.39 is 8.32 Å². The maximum atomic E-state index is 13.4. The number of carbonyl (C=O) groups is 1. The summed E-state index contributed by atoms with van der Waals surface area (Å²) in [6.45, 7) is 16.6. The fourth-order valence-electron chi connectivity index (χ4n) is 7.13. The van der Waals surface area contributed by atoms with Crippen molar-refractivity contribution >= 4 is 14.1 Å². The second-order valence-electron chi connectivity index (χ2n) is 12.8. The normalized spacial score (nSPS) is 38.8. The Balaban J connectivity index is 1.52. The number of carbonyl (C=O) groups excluding carboxylic acids is 1. The van der Waals surface area contributed by atoms with Gasteiger partial charge < -0.3 is 4.43 Å². The maximum Gasteiger partial charge on any atom is 0.192 e. The van der Waals surface area contributed by atoms with Gasteiger partial charge in [0.1, 0.15) is 0 Å². The zero-order valence-electron chi connectivity index (χ0n) is 20.6. The molecule has 0 aromatic heterocycles. The van der Waals surface area contributed by atoms with E-state index in [1.54, 1.807) is 11.1 Å². The van der Waals surface area contributed by atoms with Crippen LogP contribution in [0.5, 0.6) is 0 Å². The van der Waals surface area contributed by atoms with Crippen molar-refractivity contribution < 1.29 is 9.22 Å². The topological polar surface area (TPSA) is 26.3 Å². The molecule has 4 aliphatic carbocycles. The molecule has 0 aromatic carbocycles. The van der Waals surface area contributed by atoms with E-state index in [1.165, 1.54) is 44.9 Å². The third-order valence-corrected chi connectivity index (χ3v) is 14.7. The van der Waals surface area contributed by atoms with E-state index in [9.17, 15) is 4.79 Å². The average Bonchev–Trinajstić information content (AvgIpc) is 3.02. The molecule has 30 heavy (non-hydrogen) atoms. The summed E-state index contributed by atoms with van der Waals surface area (Å²) >= 11 is 0. The number of Topliss-reactive ketones (excluding diaryl/α,β-unsaturated/α-hetero) is 1. The van der Waals surface area contributed by atoms with Crippen LogP contribution >= 0.6 is 0 Å². The van der Waals surface area contributed by atoms with Crippen molar-refractivity contribution in [3.05, 3.63) is 23.3 Å². The van der Waals surface area contributed by atoms with Gasteiger partial charge in [0.2, 0.25) is 0 Å². The first-order valence-electron chi connectivity index (χ1n) is 12.5. The summed E-state index contributed by atoms with van der Waals surface area (Å²) in [5.74, 6) is 1.86. The molecular formula is C27H44O2Si. The van der Waals surface area contributed by atoms with Gasteiger partial charge in [-0.15, -0.1) is 0 Å². The van der Waals surface area contributed by atoms with Gasteiger partial charge >= 0.3 is 0 Å². The number of hydrogen-bond donors (Lipinski definition) is 0. The van der Waals surface area contributed by atoms with Crippen molar-refractivity contribution in [3.8, 4) is 0 Å². The highest BCUT2D eigenvalue weighted by Crippen LogP contribution is 2.65. The van der Waals surface area contributed by atoms with Crippen LogP contribution in [0.4, 0.5) is 0 Å². The van der Waals surface area contributed by atoms with Crippen LogP contribution in [0.1, 0.15) is 86.0 Å². The van der Waals surface area contributed by atoms with Crippen LogP contribution in [-0.2, 0) is 9.22 Å². The number of fused-ring (bicyclic) bond motifs is 5. The first kappa shape index (κ1) is 22.5.